The standard InChI is InChI=1S/C20H15NO/c1-14-20(15(2)22)18(13-12-16-8-4-3-5-9-16)17-10-6-7-11-19(17)21-14/h3-11H,1-2H3. The van der Waals surface area contributed by atoms with Gasteiger partial charge in [0.2, 0.25) is 0 Å². The number of Topliss-reactive ketones (excluding diaryl/α,β-unsaturated/α-hetero) is 1. The van der Waals surface area contributed by atoms with Crippen LogP contribution < -0.4 is 0 Å². The molecule has 0 aliphatic carbocycles. The van der Waals surface area contributed by atoms with Gasteiger partial charge in [-0.3, -0.25) is 9.78 Å². The minimum Gasteiger partial charge on any atom is -0.294 e. The van der Waals surface area contributed by atoms with Crippen LogP contribution in [0, 0.1) is 18.8 Å². The topological polar surface area (TPSA) is 30.0 Å². The van der Waals surface area contributed by atoms with Crippen LogP contribution in [0.1, 0.15) is 34.1 Å². The highest BCUT2D eigenvalue weighted by atomic mass is 16.1. The number of fused-ring (bicyclic) bond motifs is 1. The summed E-state index contributed by atoms with van der Waals surface area (Å²) in [5, 5.41) is 0.918. The first kappa shape index (κ1) is 14.0. The Labute approximate surface area is 129 Å². The Morgan fingerprint density at radius 2 is 1.64 bits per heavy atom. The van der Waals surface area contributed by atoms with Gasteiger partial charge in [-0.25, -0.2) is 0 Å². The van der Waals surface area contributed by atoms with Gasteiger partial charge in [0.05, 0.1) is 16.8 Å². The Balaban J connectivity index is 2.29. The van der Waals surface area contributed by atoms with Crippen molar-refractivity contribution in [2.45, 2.75) is 13.8 Å². The predicted molar refractivity (Wildman–Crippen MR) is 88.9 cm³/mol. The number of nitrogens with zero attached hydrogens (tertiary/aromatic N) is 1. The van der Waals surface area contributed by atoms with Crippen molar-refractivity contribution in [3.63, 3.8) is 0 Å². The number of carbonyl (C=O) groups is 1. The van der Waals surface area contributed by atoms with Gasteiger partial charge in [0.25, 0.3) is 0 Å². The molecule has 22 heavy (non-hydrogen) atoms. The van der Waals surface area contributed by atoms with Crippen molar-refractivity contribution in [3.05, 3.63) is 77.0 Å². The molecular weight excluding hydrogens is 270 g/mol. The molecule has 0 saturated carbocycles. The largest absolute Gasteiger partial charge is 0.294 e. The van der Waals surface area contributed by atoms with Crippen molar-refractivity contribution in [3.8, 4) is 11.8 Å². The zero-order valence-corrected chi connectivity index (χ0v) is 12.6. The first-order valence-corrected chi connectivity index (χ1v) is 7.14. The second kappa shape index (κ2) is 5.83. The highest BCUT2D eigenvalue weighted by Gasteiger charge is 2.14. The molecule has 2 heteroatoms. The van der Waals surface area contributed by atoms with Gasteiger partial charge in [-0.15, -0.1) is 0 Å². The van der Waals surface area contributed by atoms with Gasteiger partial charge >= 0.3 is 0 Å². The number of para-hydroxylation sites is 1. The summed E-state index contributed by atoms with van der Waals surface area (Å²) in [6.45, 7) is 3.42. The maximum atomic E-state index is 12.0. The molecule has 3 rings (SSSR count). The van der Waals surface area contributed by atoms with E-state index in [2.05, 4.69) is 16.8 Å². The van der Waals surface area contributed by atoms with Crippen LogP contribution in [0.5, 0.6) is 0 Å². The van der Waals surface area contributed by atoms with Crippen molar-refractivity contribution in [2.75, 3.05) is 0 Å². The van der Waals surface area contributed by atoms with E-state index in [9.17, 15) is 4.79 Å². The van der Waals surface area contributed by atoms with E-state index >= 15 is 0 Å². The van der Waals surface area contributed by atoms with E-state index in [0.29, 0.717) is 5.56 Å². The van der Waals surface area contributed by atoms with Crippen LogP contribution >= 0.6 is 0 Å². The van der Waals surface area contributed by atoms with E-state index < -0.39 is 0 Å². The van der Waals surface area contributed by atoms with E-state index in [0.717, 1.165) is 27.7 Å². The average molecular weight is 285 g/mol. The summed E-state index contributed by atoms with van der Waals surface area (Å²) in [7, 11) is 0. The lowest BCUT2D eigenvalue weighted by Crippen LogP contribution is -2.04. The van der Waals surface area contributed by atoms with Gasteiger partial charge in [-0.1, -0.05) is 48.2 Å². The summed E-state index contributed by atoms with van der Waals surface area (Å²) in [5.74, 6) is 6.32. The van der Waals surface area contributed by atoms with E-state index in [-0.39, 0.29) is 5.78 Å². The maximum Gasteiger partial charge on any atom is 0.162 e. The number of rotatable bonds is 1. The highest BCUT2D eigenvalue weighted by molar-refractivity contribution is 6.03. The van der Waals surface area contributed by atoms with Crippen LogP contribution in [0.15, 0.2) is 54.6 Å². The second-order valence-electron chi connectivity index (χ2n) is 5.14. The number of benzene rings is 2. The van der Waals surface area contributed by atoms with Crippen molar-refractivity contribution >= 4 is 16.7 Å². The molecule has 0 amide bonds. The van der Waals surface area contributed by atoms with Gasteiger partial charge < -0.3 is 0 Å². The third-order valence-electron chi connectivity index (χ3n) is 3.53. The number of ketones is 1. The Bertz CT molecular complexity index is 915. The minimum atomic E-state index is -0.00638. The zero-order chi connectivity index (χ0) is 15.5. The van der Waals surface area contributed by atoms with E-state index in [1.807, 2.05) is 61.5 Å². The Morgan fingerprint density at radius 3 is 2.36 bits per heavy atom. The fourth-order valence-corrected chi connectivity index (χ4v) is 2.55. The predicted octanol–water partition coefficient (Wildman–Crippen LogP) is 4.15. The molecule has 0 atom stereocenters. The lowest BCUT2D eigenvalue weighted by Gasteiger charge is -2.08. The number of hydrogen-bond acceptors (Lipinski definition) is 2. The maximum absolute atomic E-state index is 12.0. The molecule has 0 unspecified atom stereocenters. The summed E-state index contributed by atoms with van der Waals surface area (Å²) < 4.78 is 0. The molecule has 106 valence electrons. The number of carbonyl (C=O) groups excluding carboxylic acids is 1. The first-order valence-electron chi connectivity index (χ1n) is 7.14. The molecule has 2 aromatic carbocycles. The fraction of sp³-hybridized carbons (Fsp3) is 0.100. The molecule has 0 saturated heterocycles. The Kier molecular flexibility index (Phi) is 3.72. The summed E-state index contributed by atoms with van der Waals surface area (Å²) >= 11 is 0. The summed E-state index contributed by atoms with van der Waals surface area (Å²) in [5.41, 5.74) is 3.89. The molecule has 0 fully saturated rings. The van der Waals surface area contributed by atoms with Crippen molar-refractivity contribution in [1.29, 1.82) is 0 Å². The van der Waals surface area contributed by atoms with Crippen LogP contribution in [0.2, 0.25) is 0 Å². The van der Waals surface area contributed by atoms with Crippen LogP contribution in [-0.2, 0) is 0 Å². The number of hydrogen-bond donors (Lipinski definition) is 0. The summed E-state index contributed by atoms with van der Waals surface area (Å²) in [4.78, 5) is 16.6. The molecule has 1 heterocycles. The van der Waals surface area contributed by atoms with E-state index in [1.165, 1.54) is 0 Å². The first-order chi connectivity index (χ1) is 10.7. The SMILES string of the molecule is CC(=O)c1c(C)nc2ccccc2c1C#Cc1ccccc1. The van der Waals surface area contributed by atoms with E-state index in [1.54, 1.807) is 6.92 Å². The summed E-state index contributed by atoms with van der Waals surface area (Å²) in [6.07, 6.45) is 0. The number of aromatic nitrogens is 1. The third-order valence-corrected chi connectivity index (χ3v) is 3.53. The quantitative estimate of drug-likeness (QED) is 0.496. The van der Waals surface area contributed by atoms with Crippen molar-refractivity contribution < 1.29 is 4.79 Å². The monoisotopic (exact) mass is 285 g/mol. The van der Waals surface area contributed by atoms with Crippen LogP contribution in [0.4, 0.5) is 0 Å². The van der Waals surface area contributed by atoms with Gasteiger partial charge in [0.15, 0.2) is 5.78 Å². The molecule has 0 N–H and O–H groups in total. The van der Waals surface area contributed by atoms with Crippen LogP contribution in [0.3, 0.4) is 0 Å². The molecule has 1 aromatic heterocycles. The van der Waals surface area contributed by atoms with Gasteiger partial charge in [0.1, 0.15) is 0 Å². The van der Waals surface area contributed by atoms with Gasteiger partial charge in [-0.05, 0) is 32.0 Å². The van der Waals surface area contributed by atoms with E-state index in [4.69, 9.17) is 0 Å². The molecule has 3 aromatic rings. The molecule has 0 radical (unpaired) electrons. The van der Waals surface area contributed by atoms with Gasteiger partial charge in [0, 0.05) is 16.5 Å². The molecule has 0 aliphatic rings. The van der Waals surface area contributed by atoms with Crippen LogP contribution in [0.25, 0.3) is 10.9 Å². The molecular formula is C20H15NO. The molecule has 0 aliphatic heterocycles. The normalized spacial score (nSPS) is 10.1. The number of pyridine rings is 1. The molecule has 0 bridgehead atoms. The smallest absolute Gasteiger partial charge is 0.162 e. The second-order valence-corrected chi connectivity index (χ2v) is 5.14. The van der Waals surface area contributed by atoms with Crippen molar-refractivity contribution in [2.24, 2.45) is 0 Å². The van der Waals surface area contributed by atoms with Crippen LogP contribution in [-0.4, -0.2) is 10.8 Å². The summed E-state index contributed by atoms with van der Waals surface area (Å²) in [6, 6.07) is 17.6. The molecule has 2 nitrogen and oxygen atoms in total. The zero-order valence-electron chi connectivity index (χ0n) is 12.6. The number of aryl methyl sites for hydroxylation is 1. The fourth-order valence-electron chi connectivity index (χ4n) is 2.55. The third kappa shape index (κ3) is 2.62. The minimum absolute atomic E-state index is 0.00638. The Morgan fingerprint density at radius 1 is 0.955 bits per heavy atom. The lowest BCUT2D eigenvalue weighted by molar-refractivity contribution is 0.101. The average Bonchev–Trinajstić information content (AvgIpc) is 2.52. The Hall–Kier alpha value is -2.92. The lowest BCUT2D eigenvalue weighted by atomic mass is 9.98. The highest BCUT2D eigenvalue weighted by Crippen LogP contribution is 2.23. The van der Waals surface area contributed by atoms with Crippen molar-refractivity contribution in [1.82, 2.24) is 4.98 Å². The van der Waals surface area contributed by atoms with Gasteiger partial charge in [-0.2, -0.15) is 0 Å². The molecule has 0 spiro atoms.